The van der Waals surface area contributed by atoms with Crippen molar-refractivity contribution in [1.29, 1.82) is 0 Å². The zero-order chi connectivity index (χ0) is 16.4. The van der Waals surface area contributed by atoms with Crippen molar-refractivity contribution in [2.75, 3.05) is 0 Å². The molecule has 1 aliphatic rings. The van der Waals surface area contributed by atoms with Crippen molar-refractivity contribution in [2.24, 2.45) is 5.92 Å². The van der Waals surface area contributed by atoms with Gasteiger partial charge < -0.3 is 4.57 Å². The molecule has 0 atom stereocenters. The fraction of sp³-hybridized carbons (Fsp3) is 0.444. The number of aromatic nitrogens is 2. The van der Waals surface area contributed by atoms with Crippen LogP contribution in [0.2, 0.25) is 0 Å². The van der Waals surface area contributed by atoms with Crippen molar-refractivity contribution in [3.05, 3.63) is 62.7 Å². The van der Waals surface area contributed by atoms with E-state index in [2.05, 4.69) is 0 Å². The molecule has 3 rings (SSSR count). The fourth-order valence-corrected chi connectivity index (χ4v) is 3.24. The Morgan fingerprint density at radius 1 is 1.09 bits per heavy atom. The summed E-state index contributed by atoms with van der Waals surface area (Å²) in [6.45, 7) is 2.25. The predicted molar refractivity (Wildman–Crippen MR) is 87.6 cm³/mol. The first-order valence-corrected chi connectivity index (χ1v) is 8.15. The summed E-state index contributed by atoms with van der Waals surface area (Å²) in [4.78, 5) is 24.7. The zero-order valence-electron chi connectivity index (χ0n) is 13.3. The minimum atomic E-state index is -0.633. The summed E-state index contributed by atoms with van der Waals surface area (Å²) >= 11 is 0. The van der Waals surface area contributed by atoms with Crippen LogP contribution in [0.1, 0.15) is 37.7 Å². The van der Waals surface area contributed by atoms with E-state index in [9.17, 15) is 14.0 Å². The zero-order valence-corrected chi connectivity index (χ0v) is 13.3. The lowest BCUT2D eigenvalue weighted by atomic mass is 9.89. The maximum atomic E-state index is 13.7. The van der Waals surface area contributed by atoms with Gasteiger partial charge in [0.15, 0.2) is 0 Å². The van der Waals surface area contributed by atoms with E-state index in [0.717, 1.165) is 12.8 Å². The number of hydrogen-bond donors (Lipinski definition) is 0. The van der Waals surface area contributed by atoms with E-state index in [0.29, 0.717) is 23.7 Å². The van der Waals surface area contributed by atoms with Gasteiger partial charge in [0.05, 0.1) is 5.69 Å². The van der Waals surface area contributed by atoms with Gasteiger partial charge >= 0.3 is 11.1 Å². The minimum Gasteiger partial charge on any atom is -0.309 e. The molecule has 0 bridgehead atoms. The molecule has 1 aromatic heterocycles. The molecule has 2 aromatic rings. The van der Waals surface area contributed by atoms with Crippen LogP contribution < -0.4 is 11.1 Å². The molecule has 122 valence electrons. The summed E-state index contributed by atoms with van der Waals surface area (Å²) in [6, 6.07) is 4.52. The van der Waals surface area contributed by atoms with Gasteiger partial charge in [-0.05, 0) is 43.4 Å². The predicted octanol–water partition coefficient (Wildman–Crippen LogP) is 3.03. The highest BCUT2D eigenvalue weighted by molar-refractivity contribution is 5.35. The Kier molecular flexibility index (Phi) is 4.46. The lowest BCUT2D eigenvalue weighted by molar-refractivity contribution is 0.315. The van der Waals surface area contributed by atoms with Gasteiger partial charge in [-0.25, -0.2) is 4.39 Å². The summed E-state index contributed by atoms with van der Waals surface area (Å²) < 4.78 is 16.4. The second kappa shape index (κ2) is 6.52. The topological polar surface area (TPSA) is 44.0 Å². The van der Waals surface area contributed by atoms with Crippen LogP contribution >= 0.6 is 0 Å². The van der Waals surface area contributed by atoms with Gasteiger partial charge in [0.25, 0.3) is 0 Å². The second-order valence-electron chi connectivity index (χ2n) is 6.37. The highest BCUT2D eigenvalue weighted by Gasteiger charge is 2.16. The van der Waals surface area contributed by atoms with Crippen molar-refractivity contribution in [3.8, 4) is 5.69 Å². The highest BCUT2D eigenvalue weighted by atomic mass is 19.1. The van der Waals surface area contributed by atoms with Crippen molar-refractivity contribution < 1.29 is 4.39 Å². The van der Waals surface area contributed by atoms with E-state index in [1.54, 1.807) is 31.5 Å². The van der Waals surface area contributed by atoms with Crippen LogP contribution in [0, 0.1) is 18.7 Å². The third-order valence-corrected chi connectivity index (χ3v) is 4.67. The van der Waals surface area contributed by atoms with E-state index in [1.807, 2.05) is 0 Å². The third kappa shape index (κ3) is 3.28. The van der Waals surface area contributed by atoms with E-state index in [1.165, 1.54) is 34.5 Å². The molecule has 0 N–H and O–H groups in total. The minimum absolute atomic E-state index is 0.375. The Morgan fingerprint density at radius 3 is 2.52 bits per heavy atom. The maximum Gasteiger partial charge on any atom is 0.320 e. The largest absolute Gasteiger partial charge is 0.320 e. The van der Waals surface area contributed by atoms with Gasteiger partial charge in [0.1, 0.15) is 5.82 Å². The van der Waals surface area contributed by atoms with Crippen molar-refractivity contribution in [2.45, 2.75) is 45.6 Å². The molecular weight excluding hydrogens is 295 g/mol. The summed E-state index contributed by atoms with van der Waals surface area (Å²) in [5.41, 5.74) is -0.293. The monoisotopic (exact) mass is 316 g/mol. The molecule has 1 aromatic carbocycles. The molecule has 5 heteroatoms. The molecule has 1 aliphatic carbocycles. The first-order chi connectivity index (χ1) is 11.1. The van der Waals surface area contributed by atoms with E-state index in [-0.39, 0.29) is 5.82 Å². The standard InChI is InChI=1S/C18H21FN2O2/c1-13-7-8-15(11-16(13)19)21-10-9-20(17(22)18(21)23)12-14-5-3-2-4-6-14/h7-11,14H,2-6,12H2,1H3. The molecule has 0 spiro atoms. The Labute approximate surface area is 134 Å². The summed E-state index contributed by atoms with van der Waals surface area (Å²) in [5, 5.41) is 0. The van der Waals surface area contributed by atoms with Crippen LogP contribution in [-0.4, -0.2) is 9.13 Å². The average molecular weight is 316 g/mol. The van der Waals surface area contributed by atoms with Crippen LogP contribution in [0.3, 0.4) is 0 Å². The fourth-order valence-electron chi connectivity index (χ4n) is 3.24. The second-order valence-corrected chi connectivity index (χ2v) is 6.37. The van der Waals surface area contributed by atoms with Crippen molar-refractivity contribution in [1.82, 2.24) is 9.13 Å². The molecule has 23 heavy (non-hydrogen) atoms. The van der Waals surface area contributed by atoms with Gasteiger partial charge in [-0.3, -0.25) is 14.2 Å². The highest BCUT2D eigenvalue weighted by Crippen LogP contribution is 2.24. The van der Waals surface area contributed by atoms with Gasteiger partial charge in [-0.2, -0.15) is 0 Å². The van der Waals surface area contributed by atoms with Gasteiger partial charge in [0.2, 0.25) is 0 Å². The van der Waals surface area contributed by atoms with Gasteiger partial charge in [-0.1, -0.05) is 25.3 Å². The molecule has 0 aliphatic heterocycles. The summed E-state index contributed by atoms with van der Waals surface area (Å²) in [7, 11) is 0. The number of halogens is 1. The quantitative estimate of drug-likeness (QED) is 0.817. The van der Waals surface area contributed by atoms with Gasteiger partial charge in [-0.15, -0.1) is 0 Å². The number of rotatable bonds is 3. The van der Waals surface area contributed by atoms with Crippen LogP contribution in [-0.2, 0) is 6.54 Å². The Morgan fingerprint density at radius 2 is 1.83 bits per heavy atom. The molecule has 4 nitrogen and oxygen atoms in total. The van der Waals surface area contributed by atoms with Gasteiger partial charge in [0, 0.05) is 18.9 Å². The normalized spacial score (nSPS) is 15.7. The van der Waals surface area contributed by atoms with E-state index in [4.69, 9.17) is 0 Å². The van der Waals surface area contributed by atoms with Crippen LogP contribution in [0.5, 0.6) is 0 Å². The number of nitrogens with zero attached hydrogens (tertiary/aromatic N) is 2. The molecule has 1 fully saturated rings. The molecule has 0 amide bonds. The third-order valence-electron chi connectivity index (χ3n) is 4.67. The number of aryl methyl sites for hydroxylation is 1. The SMILES string of the molecule is Cc1ccc(-n2ccn(CC3CCCCC3)c(=O)c2=O)cc1F. The lowest BCUT2D eigenvalue weighted by Crippen LogP contribution is -2.41. The van der Waals surface area contributed by atoms with Crippen molar-refractivity contribution in [3.63, 3.8) is 0 Å². The molecule has 1 saturated carbocycles. The van der Waals surface area contributed by atoms with Crippen LogP contribution in [0.25, 0.3) is 5.69 Å². The summed E-state index contributed by atoms with van der Waals surface area (Å²) in [6.07, 6.45) is 9.05. The molecular formula is C18H21FN2O2. The molecule has 0 unspecified atom stereocenters. The number of hydrogen-bond acceptors (Lipinski definition) is 2. The maximum absolute atomic E-state index is 13.7. The first-order valence-electron chi connectivity index (χ1n) is 8.15. The molecule has 0 saturated heterocycles. The summed E-state index contributed by atoms with van der Waals surface area (Å²) in [5.74, 6) is 0.0781. The van der Waals surface area contributed by atoms with Crippen molar-refractivity contribution >= 4 is 0 Å². The van der Waals surface area contributed by atoms with E-state index < -0.39 is 11.1 Å². The average Bonchev–Trinajstić information content (AvgIpc) is 2.56. The molecule has 0 radical (unpaired) electrons. The van der Waals surface area contributed by atoms with E-state index >= 15 is 0 Å². The lowest BCUT2D eigenvalue weighted by Gasteiger charge is -2.22. The Balaban J connectivity index is 1.92. The first kappa shape index (κ1) is 15.7. The molecule has 1 heterocycles. The van der Waals surface area contributed by atoms with Crippen LogP contribution in [0.15, 0.2) is 40.2 Å². The Hall–Kier alpha value is -2.17. The smallest absolute Gasteiger partial charge is 0.309 e. The Bertz CT molecular complexity index is 817. The van der Waals surface area contributed by atoms with Crippen LogP contribution in [0.4, 0.5) is 4.39 Å². The number of benzene rings is 1.